The average Bonchev–Trinajstić information content (AvgIpc) is 3.10. The second-order valence-electron chi connectivity index (χ2n) is 7.30. The molecule has 1 atom stereocenters. The van der Waals surface area contributed by atoms with Crippen LogP contribution >= 0.6 is 24.0 Å². The molecule has 0 aromatic rings. The normalized spacial score (nSPS) is 23.0. The number of likely N-dealkylation sites (tertiary alicyclic amines) is 2. The highest BCUT2D eigenvalue weighted by Gasteiger charge is 2.23. The van der Waals surface area contributed by atoms with E-state index in [9.17, 15) is 0 Å². The molecular weight excluding hydrogens is 441 g/mol. The van der Waals surface area contributed by atoms with Crippen molar-refractivity contribution >= 4 is 29.9 Å². The van der Waals surface area contributed by atoms with E-state index < -0.39 is 0 Å². The van der Waals surface area contributed by atoms with E-state index in [1.807, 2.05) is 0 Å². The summed E-state index contributed by atoms with van der Waals surface area (Å²) in [6.07, 6.45) is 5.13. The zero-order valence-electron chi connectivity index (χ0n) is 17.0. The summed E-state index contributed by atoms with van der Waals surface area (Å²) in [7, 11) is 1.78. The van der Waals surface area contributed by atoms with E-state index >= 15 is 0 Å². The Morgan fingerprint density at radius 1 is 1.12 bits per heavy atom. The summed E-state index contributed by atoms with van der Waals surface area (Å²) in [5, 5.41) is 6.98. The van der Waals surface area contributed by atoms with E-state index in [1.165, 1.54) is 45.3 Å². The van der Waals surface area contributed by atoms with Crippen molar-refractivity contribution in [1.29, 1.82) is 0 Å². The van der Waals surface area contributed by atoms with Gasteiger partial charge in [-0.05, 0) is 64.7 Å². The number of rotatable bonds is 9. The highest BCUT2D eigenvalue weighted by Crippen LogP contribution is 2.17. The smallest absolute Gasteiger partial charge is 0.191 e. The van der Waals surface area contributed by atoms with Crippen molar-refractivity contribution in [2.24, 2.45) is 10.9 Å². The van der Waals surface area contributed by atoms with Crippen LogP contribution in [-0.4, -0.2) is 87.9 Å². The summed E-state index contributed by atoms with van der Waals surface area (Å²) in [6, 6.07) is 0.665. The predicted octanol–water partition coefficient (Wildman–Crippen LogP) is 2.00. The summed E-state index contributed by atoms with van der Waals surface area (Å²) in [6.45, 7) is 13.9. The zero-order valence-corrected chi connectivity index (χ0v) is 19.3. The van der Waals surface area contributed by atoms with Gasteiger partial charge in [-0.1, -0.05) is 6.92 Å². The second kappa shape index (κ2) is 14.0. The average molecular weight is 481 g/mol. The fourth-order valence-corrected chi connectivity index (χ4v) is 3.93. The number of piperidine rings is 1. The number of guanidine groups is 1. The monoisotopic (exact) mass is 481 g/mol. The van der Waals surface area contributed by atoms with E-state index in [-0.39, 0.29) is 24.0 Å². The van der Waals surface area contributed by atoms with Gasteiger partial charge in [0.2, 0.25) is 0 Å². The van der Waals surface area contributed by atoms with Crippen LogP contribution in [0.4, 0.5) is 0 Å². The lowest BCUT2D eigenvalue weighted by molar-refractivity contribution is 0.121. The number of hydrogen-bond donors (Lipinski definition) is 2. The lowest BCUT2D eigenvalue weighted by Crippen LogP contribution is -2.45. The third-order valence-corrected chi connectivity index (χ3v) is 5.58. The topological polar surface area (TPSA) is 52.1 Å². The van der Waals surface area contributed by atoms with Crippen molar-refractivity contribution in [3.05, 3.63) is 0 Å². The van der Waals surface area contributed by atoms with Crippen molar-refractivity contribution < 1.29 is 4.74 Å². The number of likely N-dealkylation sites (N-methyl/N-ethyl adjacent to an activating group) is 1. The second-order valence-corrected chi connectivity index (χ2v) is 7.30. The summed E-state index contributed by atoms with van der Waals surface area (Å²) in [4.78, 5) is 9.95. The molecule has 0 spiro atoms. The van der Waals surface area contributed by atoms with Gasteiger partial charge < -0.3 is 20.3 Å². The van der Waals surface area contributed by atoms with Crippen LogP contribution in [0.15, 0.2) is 4.99 Å². The number of methoxy groups -OCH3 is 1. The molecule has 0 aliphatic carbocycles. The highest BCUT2D eigenvalue weighted by atomic mass is 127. The predicted molar refractivity (Wildman–Crippen MR) is 121 cm³/mol. The maximum absolute atomic E-state index is 5.18. The van der Waals surface area contributed by atoms with Crippen molar-refractivity contribution in [3.8, 4) is 0 Å². The number of nitrogens with one attached hydrogen (secondary N) is 2. The Labute approximate surface area is 177 Å². The van der Waals surface area contributed by atoms with Gasteiger partial charge in [0.25, 0.3) is 0 Å². The number of hydrogen-bond acceptors (Lipinski definition) is 4. The van der Waals surface area contributed by atoms with Crippen molar-refractivity contribution in [2.45, 2.75) is 45.6 Å². The van der Waals surface area contributed by atoms with Crippen LogP contribution in [0.1, 0.15) is 39.5 Å². The Balaban J connectivity index is 0.00000338. The van der Waals surface area contributed by atoms with Crippen molar-refractivity contribution in [2.75, 3.05) is 66.1 Å². The minimum absolute atomic E-state index is 0. The number of nitrogens with zero attached hydrogens (tertiary/aromatic N) is 3. The van der Waals surface area contributed by atoms with E-state index in [0.29, 0.717) is 12.0 Å². The van der Waals surface area contributed by atoms with Gasteiger partial charge in [-0.25, -0.2) is 0 Å². The molecule has 0 aromatic heterocycles. The molecule has 1 unspecified atom stereocenters. The standard InChI is InChI=1S/C19H39N5O.HI/c1-4-20-19(22-16-18-7-6-10-24(18)5-2)21-15-17-8-11-23(12-9-17)13-14-25-3;/h17-18H,4-16H2,1-3H3,(H2,20,21,22);1H. The Morgan fingerprint density at radius 3 is 2.54 bits per heavy atom. The molecule has 0 aromatic carbocycles. The zero-order chi connectivity index (χ0) is 17.9. The molecule has 0 bridgehead atoms. The maximum atomic E-state index is 5.18. The molecule has 6 nitrogen and oxygen atoms in total. The molecule has 2 rings (SSSR count). The maximum Gasteiger partial charge on any atom is 0.191 e. The molecule has 7 heteroatoms. The first-order valence-electron chi connectivity index (χ1n) is 10.2. The van der Waals surface area contributed by atoms with Crippen LogP contribution in [0.3, 0.4) is 0 Å². The summed E-state index contributed by atoms with van der Waals surface area (Å²) < 4.78 is 5.18. The van der Waals surface area contributed by atoms with E-state index in [2.05, 4.69) is 34.3 Å². The summed E-state index contributed by atoms with van der Waals surface area (Å²) >= 11 is 0. The number of aliphatic imine (C=N–C) groups is 1. The van der Waals surface area contributed by atoms with Gasteiger partial charge in [-0.3, -0.25) is 9.89 Å². The van der Waals surface area contributed by atoms with Gasteiger partial charge >= 0.3 is 0 Å². The summed E-state index contributed by atoms with van der Waals surface area (Å²) in [5.74, 6) is 1.71. The molecule has 2 aliphatic heterocycles. The first-order valence-corrected chi connectivity index (χ1v) is 10.2. The molecule has 2 aliphatic rings. The third kappa shape index (κ3) is 8.27. The third-order valence-electron chi connectivity index (χ3n) is 5.58. The van der Waals surface area contributed by atoms with Gasteiger partial charge in [-0.2, -0.15) is 0 Å². The van der Waals surface area contributed by atoms with Crippen LogP contribution in [0.25, 0.3) is 0 Å². The minimum Gasteiger partial charge on any atom is -0.383 e. The Bertz CT molecular complexity index is 388. The molecule has 2 N–H and O–H groups in total. The molecule has 154 valence electrons. The highest BCUT2D eigenvalue weighted by molar-refractivity contribution is 14.0. The molecule has 0 amide bonds. The largest absolute Gasteiger partial charge is 0.383 e. The van der Waals surface area contributed by atoms with Crippen molar-refractivity contribution in [1.82, 2.24) is 20.4 Å². The Hall–Kier alpha value is -0.120. The molecular formula is C19H40IN5O. The van der Waals surface area contributed by atoms with Crippen LogP contribution in [0.2, 0.25) is 0 Å². The van der Waals surface area contributed by atoms with Crippen LogP contribution in [0, 0.1) is 5.92 Å². The molecule has 26 heavy (non-hydrogen) atoms. The van der Waals surface area contributed by atoms with Gasteiger partial charge in [0, 0.05) is 39.3 Å². The quantitative estimate of drug-likeness (QED) is 0.300. The van der Waals surface area contributed by atoms with Gasteiger partial charge in [-0.15, -0.1) is 24.0 Å². The SMILES string of the molecule is CCNC(=NCC1CCN(CCOC)CC1)NCC1CCCN1CC.I. The molecule has 0 radical (unpaired) electrons. The van der Waals surface area contributed by atoms with Crippen LogP contribution < -0.4 is 10.6 Å². The van der Waals surface area contributed by atoms with E-state index in [4.69, 9.17) is 9.73 Å². The van der Waals surface area contributed by atoms with Crippen LogP contribution in [0.5, 0.6) is 0 Å². The van der Waals surface area contributed by atoms with E-state index in [1.54, 1.807) is 7.11 Å². The first kappa shape index (κ1) is 23.9. The lowest BCUT2D eigenvalue weighted by atomic mass is 9.97. The molecule has 2 saturated heterocycles. The van der Waals surface area contributed by atoms with Crippen molar-refractivity contribution in [3.63, 3.8) is 0 Å². The molecule has 0 saturated carbocycles. The van der Waals surface area contributed by atoms with Gasteiger partial charge in [0.05, 0.1) is 6.61 Å². The Morgan fingerprint density at radius 2 is 1.88 bits per heavy atom. The number of halogens is 1. The first-order chi connectivity index (χ1) is 12.3. The van der Waals surface area contributed by atoms with Crippen LogP contribution in [-0.2, 0) is 4.74 Å². The van der Waals surface area contributed by atoms with E-state index in [0.717, 1.165) is 45.3 Å². The fraction of sp³-hybridized carbons (Fsp3) is 0.947. The van der Waals surface area contributed by atoms with Gasteiger partial charge in [0.1, 0.15) is 0 Å². The van der Waals surface area contributed by atoms with Gasteiger partial charge in [0.15, 0.2) is 5.96 Å². The Kier molecular flexibility index (Phi) is 12.8. The minimum atomic E-state index is 0. The molecule has 2 fully saturated rings. The molecule has 2 heterocycles. The summed E-state index contributed by atoms with van der Waals surface area (Å²) in [5.41, 5.74) is 0. The lowest BCUT2D eigenvalue weighted by Gasteiger charge is -2.31. The number of ether oxygens (including phenoxy) is 1. The fourth-order valence-electron chi connectivity index (χ4n) is 3.93.